The van der Waals surface area contributed by atoms with Gasteiger partial charge < -0.3 is 4.90 Å². The van der Waals surface area contributed by atoms with Crippen LogP contribution in [0.25, 0.3) is 0 Å². The molecule has 1 aromatic rings. The van der Waals surface area contributed by atoms with Gasteiger partial charge in [0.25, 0.3) is 11.6 Å². The molecule has 0 atom stereocenters. The molecule has 0 N–H and O–H groups in total. The highest BCUT2D eigenvalue weighted by Crippen LogP contribution is 2.32. The number of hydrogen-bond donors (Lipinski definition) is 0. The van der Waals surface area contributed by atoms with Crippen LogP contribution >= 0.6 is 23.2 Å². The lowest BCUT2D eigenvalue weighted by Crippen LogP contribution is -2.34. The van der Waals surface area contributed by atoms with Crippen molar-refractivity contribution in [2.45, 2.75) is 13.3 Å². The first kappa shape index (κ1) is 14.8. The van der Waals surface area contributed by atoms with E-state index in [1.165, 1.54) is 11.6 Å². The van der Waals surface area contributed by atoms with Crippen molar-refractivity contribution in [1.29, 1.82) is 0 Å². The number of nitro groups is 1. The molecule has 20 heavy (non-hydrogen) atoms. The van der Waals surface area contributed by atoms with Gasteiger partial charge in [-0.05, 0) is 13.3 Å². The molecular formula is C13H12Cl2N2O3. The predicted octanol–water partition coefficient (Wildman–Crippen LogP) is 3.69. The van der Waals surface area contributed by atoms with Gasteiger partial charge >= 0.3 is 0 Å². The highest BCUT2D eigenvalue weighted by Gasteiger charge is 2.24. The van der Waals surface area contributed by atoms with Crippen LogP contribution in [0.4, 0.5) is 5.69 Å². The van der Waals surface area contributed by atoms with E-state index in [4.69, 9.17) is 23.2 Å². The lowest BCUT2D eigenvalue weighted by Gasteiger charge is -2.25. The van der Waals surface area contributed by atoms with E-state index in [1.54, 1.807) is 4.90 Å². The number of nitro benzene ring substituents is 1. The Hall–Kier alpha value is -1.59. The SMILES string of the molecule is CC1=CCN(C(=O)c2cc([N+](=O)[O-])cc(Cl)c2Cl)CC1. The van der Waals surface area contributed by atoms with Gasteiger partial charge in [-0.15, -0.1) is 0 Å². The fraction of sp³-hybridized carbons (Fsp3) is 0.308. The van der Waals surface area contributed by atoms with Gasteiger partial charge in [-0.25, -0.2) is 0 Å². The highest BCUT2D eigenvalue weighted by molar-refractivity contribution is 6.44. The third kappa shape index (κ3) is 2.94. The first-order valence-electron chi connectivity index (χ1n) is 5.98. The molecule has 0 saturated heterocycles. The van der Waals surface area contributed by atoms with Crippen LogP contribution in [-0.2, 0) is 0 Å². The van der Waals surface area contributed by atoms with E-state index in [0.717, 1.165) is 12.5 Å². The minimum atomic E-state index is -0.598. The minimum absolute atomic E-state index is 0.00736. The zero-order valence-corrected chi connectivity index (χ0v) is 12.2. The third-order valence-electron chi connectivity index (χ3n) is 3.18. The zero-order chi connectivity index (χ0) is 14.9. The van der Waals surface area contributed by atoms with Crippen molar-refractivity contribution in [2.75, 3.05) is 13.1 Å². The van der Waals surface area contributed by atoms with Crippen molar-refractivity contribution in [2.24, 2.45) is 0 Å². The standard InChI is InChI=1S/C13H12Cl2N2O3/c1-8-2-4-16(5-3-8)13(18)10-6-9(17(19)20)7-11(14)12(10)15/h2,6-7H,3-5H2,1H3. The van der Waals surface area contributed by atoms with Gasteiger partial charge in [0.1, 0.15) is 0 Å². The quantitative estimate of drug-likeness (QED) is 0.475. The number of benzene rings is 1. The second-order valence-electron chi connectivity index (χ2n) is 4.60. The summed E-state index contributed by atoms with van der Waals surface area (Å²) in [4.78, 5) is 24.2. The Bertz CT molecular complexity index is 614. The fourth-order valence-corrected chi connectivity index (χ4v) is 2.36. The van der Waals surface area contributed by atoms with E-state index in [-0.39, 0.29) is 27.2 Å². The van der Waals surface area contributed by atoms with Gasteiger partial charge in [0.05, 0.1) is 20.5 Å². The normalized spacial score (nSPS) is 14.9. The molecule has 1 aromatic carbocycles. The highest BCUT2D eigenvalue weighted by atomic mass is 35.5. The Kier molecular flexibility index (Phi) is 4.30. The van der Waals surface area contributed by atoms with Crippen LogP contribution in [0.15, 0.2) is 23.8 Å². The summed E-state index contributed by atoms with van der Waals surface area (Å²) in [5.41, 5.74) is 1.04. The van der Waals surface area contributed by atoms with Crippen LogP contribution in [0.2, 0.25) is 10.0 Å². The number of carbonyl (C=O) groups excluding carboxylic acids is 1. The molecule has 0 bridgehead atoms. The molecule has 0 unspecified atom stereocenters. The van der Waals surface area contributed by atoms with Crippen molar-refractivity contribution >= 4 is 34.8 Å². The lowest BCUT2D eigenvalue weighted by atomic mass is 10.1. The zero-order valence-electron chi connectivity index (χ0n) is 10.7. The van der Waals surface area contributed by atoms with Crippen LogP contribution in [0, 0.1) is 10.1 Å². The molecule has 0 fully saturated rings. The minimum Gasteiger partial charge on any atom is -0.335 e. The van der Waals surface area contributed by atoms with Crippen LogP contribution in [0.5, 0.6) is 0 Å². The summed E-state index contributed by atoms with van der Waals surface area (Å²) in [6, 6.07) is 2.31. The van der Waals surface area contributed by atoms with Gasteiger partial charge in [0.15, 0.2) is 0 Å². The summed E-state index contributed by atoms with van der Waals surface area (Å²) in [5.74, 6) is -0.343. The molecule has 1 aliphatic heterocycles. The molecular weight excluding hydrogens is 303 g/mol. The summed E-state index contributed by atoms with van der Waals surface area (Å²) in [6.45, 7) is 3.04. The molecule has 2 rings (SSSR count). The summed E-state index contributed by atoms with van der Waals surface area (Å²) in [5, 5.41) is 10.9. The molecule has 0 saturated carbocycles. The number of nitrogens with zero attached hydrogens (tertiary/aromatic N) is 2. The van der Waals surface area contributed by atoms with Gasteiger partial charge in [-0.3, -0.25) is 14.9 Å². The first-order valence-corrected chi connectivity index (χ1v) is 6.74. The molecule has 7 heteroatoms. The average molecular weight is 315 g/mol. The Morgan fingerprint density at radius 2 is 2.10 bits per heavy atom. The number of amides is 1. The van der Waals surface area contributed by atoms with Gasteiger partial charge in [0, 0.05) is 25.2 Å². The van der Waals surface area contributed by atoms with Crippen molar-refractivity contribution in [3.8, 4) is 0 Å². The number of carbonyl (C=O) groups is 1. The predicted molar refractivity (Wildman–Crippen MR) is 77.4 cm³/mol. The van der Waals surface area contributed by atoms with Crippen LogP contribution in [-0.4, -0.2) is 28.8 Å². The van der Waals surface area contributed by atoms with E-state index in [0.29, 0.717) is 13.1 Å². The molecule has 106 valence electrons. The Labute approximate surface area is 125 Å². The van der Waals surface area contributed by atoms with Gasteiger partial charge in [-0.2, -0.15) is 0 Å². The van der Waals surface area contributed by atoms with Gasteiger partial charge in [-0.1, -0.05) is 34.9 Å². The van der Waals surface area contributed by atoms with Crippen molar-refractivity contribution in [3.63, 3.8) is 0 Å². The molecule has 0 aromatic heterocycles. The monoisotopic (exact) mass is 314 g/mol. The number of rotatable bonds is 2. The van der Waals surface area contributed by atoms with Crippen LogP contribution in [0.3, 0.4) is 0 Å². The molecule has 0 spiro atoms. The summed E-state index contributed by atoms with van der Waals surface area (Å²) >= 11 is 11.8. The second-order valence-corrected chi connectivity index (χ2v) is 5.38. The summed E-state index contributed by atoms with van der Waals surface area (Å²) < 4.78 is 0. The maximum atomic E-state index is 12.4. The molecule has 1 amide bonds. The van der Waals surface area contributed by atoms with Crippen molar-refractivity contribution in [3.05, 3.63) is 49.5 Å². The first-order chi connectivity index (χ1) is 9.40. The van der Waals surface area contributed by atoms with Crippen molar-refractivity contribution in [1.82, 2.24) is 4.90 Å². The number of hydrogen-bond acceptors (Lipinski definition) is 3. The summed E-state index contributed by atoms with van der Waals surface area (Å²) in [7, 11) is 0. The Morgan fingerprint density at radius 1 is 1.40 bits per heavy atom. The molecule has 5 nitrogen and oxygen atoms in total. The largest absolute Gasteiger partial charge is 0.335 e. The summed E-state index contributed by atoms with van der Waals surface area (Å²) in [6.07, 6.45) is 2.74. The van der Waals surface area contributed by atoms with E-state index < -0.39 is 4.92 Å². The Balaban J connectivity index is 2.37. The van der Waals surface area contributed by atoms with Crippen molar-refractivity contribution < 1.29 is 9.72 Å². The average Bonchev–Trinajstić information content (AvgIpc) is 2.41. The maximum absolute atomic E-state index is 12.4. The van der Waals surface area contributed by atoms with Crippen LogP contribution in [0.1, 0.15) is 23.7 Å². The smallest absolute Gasteiger partial charge is 0.271 e. The molecule has 1 heterocycles. The lowest BCUT2D eigenvalue weighted by molar-refractivity contribution is -0.384. The second kappa shape index (κ2) is 5.81. The molecule has 0 aliphatic carbocycles. The van der Waals surface area contributed by atoms with E-state index in [9.17, 15) is 14.9 Å². The van der Waals surface area contributed by atoms with E-state index in [2.05, 4.69) is 0 Å². The Morgan fingerprint density at radius 3 is 2.65 bits per heavy atom. The molecule has 1 aliphatic rings. The number of halogens is 2. The number of non-ortho nitro benzene ring substituents is 1. The van der Waals surface area contributed by atoms with E-state index >= 15 is 0 Å². The van der Waals surface area contributed by atoms with Crippen LogP contribution < -0.4 is 0 Å². The topological polar surface area (TPSA) is 63.5 Å². The fourth-order valence-electron chi connectivity index (χ4n) is 1.96. The molecule has 0 radical (unpaired) electrons. The third-order valence-corrected chi connectivity index (χ3v) is 3.98. The van der Waals surface area contributed by atoms with E-state index in [1.807, 2.05) is 13.0 Å². The maximum Gasteiger partial charge on any atom is 0.271 e. The van der Waals surface area contributed by atoms with Gasteiger partial charge in [0.2, 0.25) is 0 Å².